The van der Waals surface area contributed by atoms with Gasteiger partial charge in [0.15, 0.2) is 0 Å². The first-order valence-corrected chi connectivity index (χ1v) is 12.9. The Kier molecular flexibility index (Phi) is 7.74. The van der Waals surface area contributed by atoms with Crippen molar-refractivity contribution >= 4 is 17.1 Å². The van der Waals surface area contributed by atoms with Gasteiger partial charge in [-0.1, -0.05) is 5.16 Å². The van der Waals surface area contributed by atoms with Crippen molar-refractivity contribution in [2.45, 2.75) is 86.2 Å². The molecule has 34 heavy (non-hydrogen) atoms. The summed E-state index contributed by atoms with van der Waals surface area (Å²) in [6.07, 6.45) is 6.63. The molecule has 0 aromatic carbocycles. The molecule has 0 bridgehead atoms. The first-order valence-electron chi connectivity index (χ1n) is 12.9. The highest BCUT2D eigenvalue weighted by molar-refractivity contribution is 5.82. The third-order valence-electron chi connectivity index (χ3n) is 7.27. The maximum Gasteiger partial charge on any atom is 0.142 e. The molecule has 0 radical (unpaired) electrons. The number of aryl methyl sites for hydroxylation is 6. The minimum absolute atomic E-state index is 0.0243. The lowest BCUT2D eigenvalue weighted by atomic mass is 10.0. The number of pyridine rings is 2. The Bertz CT molecular complexity index is 1050. The van der Waals surface area contributed by atoms with Crippen LogP contribution in [0.25, 0.3) is 0 Å². The van der Waals surface area contributed by atoms with E-state index in [1.165, 1.54) is 46.7 Å². The summed E-state index contributed by atoms with van der Waals surface area (Å²) < 4.78 is 0. The van der Waals surface area contributed by atoms with Crippen LogP contribution in [0.1, 0.15) is 73.4 Å². The molecular weight excluding hydrogens is 422 g/mol. The van der Waals surface area contributed by atoms with Gasteiger partial charge in [0.1, 0.15) is 6.10 Å². The third kappa shape index (κ3) is 5.70. The van der Waals surface area contributed by atoms with Crippen molar-refractivity contribution in [3.63, 3.8) is 0 Å². The first kappa shape index (κ1) is 24.5. The van der Waals surface area contributed by atoms with Gasteiger partial charge < -0.3 is 14.6 Å². The standard InChI is InChI=1S/C28H41N5O/c1-19-16-27-25(29-23(19)5)10-7-8-13-32(27)15-12-21(3)31-34-22(4)18-33-14-9-11-26-28(33)17-20(2)24(6)30-26/h16-17,22H,7-15,18H2,1-6H3. The lowest BCUT2D eigenvalue weighted by molar-refractivity contribution is 0.0762. The monoisotopic (exact) mass is 463 g/mol. The Balaban J connectivity index is 1.33. The molecule has 6 heteroatoms. The van der Waals surface area contributed by atoms with Crippen LogP contribution in [0.4, 0.5) is 11.4 Å². The molecule has 2 aliphatic rings. The quantitative estimate of drug-likeness (QED) is 0.402. The van der Waals surface area contributed by atoms with E-state index in [1.54, 1.807) is 0 Å². The highest BCUT2D eigenvalue weighted by atomic mass is 16.6. The van der Waals surface area contributed by atoms with E-state index in [0.717, 1.165) is 69.0 Å². The number of oxime groups is 1. The van der Waals surface area contributed by atoms with Crippen LogP contribution in [0.2, 0.25) is 0 Å². The van der Waals surface area contributed by atoms with E-state index in [2.05, 4.69) is 68.6 Å². The number of hydrogen-bond donors (Lipinski definition) is 0. The van der Waals surface area contributed by atoms with Gasteiger partial charge in [0.05, 0.1) is 35.0 Å². The molecule has 1 unspecified atom stereocenters. The summed E-state index contributed by atoms with van der Waals surface area (Å²) in [5.41, 5.74) is 10.9. The Hall–Kier alpha value is -2.63. The normalized spacial score (nSPS) is 17.2. The van der Waals surface area contributed by atoms with Crippen LogP contribution < -0.4 is 9.80 Å². The van der Waals surface area contributed by atoms with Crippen molar-refractivity contribution in [1.29, 1.82) is 0 Å². The number of rotatable bonds is 7. The minimum atomic E-state index is 0.0243. The SMILES string of the molecule is CC(CCN1CCCCc2nc(C)c(C)cc21)=NOC(C)CN1CCCc2nc(C)c(C)cc21. The average molecular weight is 464 g/mol. The largest absolute Gasteiger partial charge is 0.391 e. The molecule has 4 rings (SSSR count). The second-order valence-electron chi connectivity index (χ2n) is 10.2. The van der Waals surface area contributed by atoms with Gasteiger partial charge >= 0.3 is 0 Å². The molecule has 0 saturated carbocycles. The molecule has 184 valence electrons. The van der Waals surface area contributed by atoms with Crippen molar-refractivity contribution in [3.8, 4) is 0 Å². The number of fused-ring (bicyclic) bond motifs is 2. The predicted octanol–water partition coefficient (Wildman–Crippen LogP) is 5.48. The molecule has 0 spiro atoms. The van der Waals surface area contributed by atoms with Crippen molar-refractivity contribution in [1.82, 2.24) is 9.97 Å². The van der Waals surface area contributed by atoms with Crippen molar-refractivity contribution in [3.05, 3.63) is 46.0 Å². The molecule has 2 aliphatic heterocycles. The van der Waals surface area contributed by atoms with Gasteiger partial charge in [-0.3, -0.25) is 9.97 Å². The fourth-order valence-corrected chi connectivity index (χ4v) is 4.96. The minimum Gasteiger partial charge on any atom is -0.391 e. The lowest BCUT2D eigenvalue weighted by Crippen LogP contribution is -2.36. The van der Waals surface area contributed by atoms with E-state index in [1.807, 2.05) is 0 Å². The zero-order valence-electron chi connectivity index (χ0n) is 21.9. The lowest BCUT2D eigenvalue weighted by Gasteiger charge is -2.32. The van der Waals surface area contributed by atoms with Crippen LogP contribution in [0.5, 0.6) is 0 Å². The molecular formula is C28H41N5O. The van der Waals surface area contributed by atoms with Gasteiger partial charge in [-0.2, -0.15) is 0 Å². The summed E-state index contributed by atoms with van der Waals surface area (Å²) >= 11 is 0. The van der Waals surface area contributed by atoms with Crippen LogP contribution in [-0.4, -0.2) is 48.0 Å². The second-order valence-corrected chi connectivity index (χ2v) is 10.2. The van der Waals surface area contributed by atoms with Gasteiger partial charge in [-0.15, -0.1) is 0 Å². The molecule has 4 heterocycles. The van der Waals surface area contributed by atoms with Gasteiger partial charge in [0.25, 0.3) is 0 Å². The van der Waals surface area contributed by atoms with Crippen LogP contribution in [-0.2, 0) is 17.7 Å². The topological polar surface area (TPSA) is 53.9 Å². The molecule has 0 aliphatic carbocycles. The highest BCUT2D eigenvalue weighted by Crippen LogP contribution is 2.29. The van der Waals surface area contributed by atoms with Crippen molar-refractivity contribution in [2.24, 2.45) is 5.16 Å². The van der Waals surface area contributed by atoms with Crippen LogP contribution >= 0.6 is 0 Å². The number of anilines is 2. The molecule has 6 nitrogen and oxygen atoms in total. The number of nitrogens with zero attached hydrogens (tertiary/aromatic N) is 5. The van der Waals surface area contributed by atoms with Crippen LogP contribution in [0, 0.1) is 27.7 Å². The van der Waals surface area contributed by atoms with Gasteiger partial charge in [0.2, 0.25) is 0 Å². The van der Waals surface area contributed by atoms with Gasteiger partial charge in [0, 0.05) is 37.4 Å². The summed E-state index contributed by atoms with van der Waals surface area (Å²) in [6, 6.07) is 4.61. The van der Waals surface area contributed by atoms with Crippen molar-refractivity contribution in [2.75, 3.05) is 36.0 Å². The van der Waals surface area contributed by atoms with Gasteiger partial charge in [-0.05, 0) is 96.9 Å². The Morgan fingerprint density at radius 2 is 1.50 bits per heavy atom. The molecule has 2 aromatic heterocycles. The summed E-state index contributed by atoms with van der Waals surface area (Å²) in [6.45, 7) is 16.6. The van der Waals surface area contributed by atoms with Gasteiger partial charge in [-0.25, -0.2) is 0 Å². The third-order valence-corrected chi connectivity index (χ3v) is 7.27. The van der Waals surface area contributed by atoms with Crippen molar-refractivity contribution < 1.29 is 4.84 Å². The molecule has 2 aromatic rings. The second kappa shape index (κ2) is 10.7. The Labute approximate surface area is 205 Å². The van der Waals surface area contributed by atoms with Crippen LogP contribution in [0.3, 0.4) is 0 Å². The molecule has 0 fully saturated rings. The first-order chi connectivity index (χ1) is 16.3. The van der Waals surface area contributed by atoms with E-state index >= 15 is 0 Å². The number of hydrogen-bond acceptors (Lipinski definition) is 6. The summed E-state index contributed by atoms with van der Waals surface area (Å²) in [7, 11) is 0. The molecule has 0 N–H and O–H groups in total. The zero-order chi connectivity index (χ0) is 24.2. The fourth-order valence-electron chi connectivity index (χ4n) is 4.96. The van der Waals surface area contributed by atoms with E-state index < -0.39 is 0 Å². The van der Waals surface area contributed by atoms with E-state index in [9.17, 15) is 0 Å². The maximum atomic E-state index is 5.94. The predicted molar refractivity (Wildman–Crippen MR) is 141 cm³/mol. The average Bonchev–Trinajstić information content (AvgIpc) is 2.99. The summed E-state index contributed by atoms with van der Waals surface area (Å²) in [5.74, 6) is 0. The summed E-state index contributed by atoms with van der Waals surface area (Å²) in [5, 5.41) is 4.50. The fraction of sp³-hybridized carbons (Fsp3) is 0.607. The Morgan fingerprint density at radius 3 is 2.18 bits per heavy atom. The smallest absolute Gasteiger partial charge is 0.142 e. The van der Waals surface area contributed by atoms with E-state index in [4.69, 9.17) is 14.8 Å². The highest BCUT2D eigenvalue weighted by Gasteiger charge is 2.22. The summed E-state index contributed by atoms with van der Waals surface area (Å²) in [4.78, 5) is 20.6. The van der Waals surface area contributed by atoms with Crippen LogP contribution in [0.15, 0.2) is 17.3 Å². The van der Waals surface area contributed by atoms with E-state index in [0.29, 0.717) is 0 Å². The maximum absolute atomic E-state index is 5.94. The zero-order valence-corrected chi connectivity index (χ0v) is 21.9. The molecule has 1 atom stereocenters. The van der Waals surface area contributed by atoms with E-state index in [-0.39, 0.29) is 6.10 Å². The molecule has 0 saturated heterocycles. The molecule has 0 amide bonds. The Morgan fingerprint density at radius 1 is 0.912 bits per heavy atom. The number of aromatic nitrogens is 2.